The summed E-state index contributed by atoms with van der Waals surface area (Å²) in [4.78, 5) is 16.2. The quantitative estimate of drug-likeness (QED) is 0.367. The van der Waals surface area contributed by atoms with Crippen molar-refractivity contribution < 1.29 is 9.18 Å². The number of nitrogens with zero attached hydrogens (tertiary/aromatic N) is 1. The van der Waals surface area contributed by atoms with E-state index in [0.717, 1.165) is 5.56 Å². The number of hydrogen-bond acceptors (Lipinski definition) is 2. The maximum Gasteiger partial charge on any atom is 0.239 e. The molecule has 7 heteroatoms. The molecule has 24 heavy (non-hydrogen) atoms. The van der Waals surface area contributed by atoms with Crippen LogP contribution >= 0.6 is 24.0 Å². The first-order valence-electron chi connectivity index (χ1n) is 7.79. The van der Waals surface area contributed by atoms with Crippen molar-refractivity contribution >= 4 is 35.8 Å². The number of rotatable bonds is 5. The largest absolute Gasteiger partial charge is 0.357 e. The van der Waals surface area contributed by atoms with Crippen molar-refractivity contribution in [1.29, 1.82) is 0 Å². The summed E-state index contributed by atoms with van der Waals surface area (Å²) in [6.45, 7) is 10.6. The first-order valence-corrected chi connectivity index (χ1v) is 7.79. The normalized spacial score (nSPS) is 11.5. The maximum atomic E-state index is 13.5. The standard InChI is InChI=1S/C17H27FN4O.HI/c1-6-19-16(21-11-15(23)22-17(3,4)5)20-10-13-8-7-12(2)14(18)9-13;/h7-9H,6,10-11H2,1-5H3,(H,22,23)(H2,19,20,21);1H. The Labute approximate surface area is 160 Å². The number of nitrogens with one attached hydrogen (secondary N) is 3. The van der Waals surface area contributed by atoms with E-state index in [2.05, 4.69) is 20.9 Å². The van der Waals surface area contributed by atoms with Crippen LogP contribution in [0.25, 0.3) is 0 Å². The van der Waals surface area contributed by atoms with Crippen molar-refractivity contribution in [3.63, 3.8) is 0 Å². The highest BCUT2D eigenvalue weighted by molar-refractivity contribution is 14.0. The number of carbonyl (C=O) groups is 1. The predicted molar refractivity (Wildman–Crippen MR) is 107 cm³/mol. The van der Waals surface area contributed by atoms with E-state index in [1.807, 2.05) is 33.8 Å². The molecule has 3 N–H and O–H groups in total. The van der Waals surface area contributed by atoms with Gasteiger partial charge in [-0.25, -0.2) is 9.38 Å². The minimum Gasteiger partial charge on any atom is -0.357 e. The van der Waals surface area contributed by atoms with Crippen molar-refractivity contribution in [2.24, 2.45) is 4.99 Å². The predicted octanol–water partition coefficient (Wildman–Crippen LogP) is 2.72. The van der Waals surface area contributed by atoms with E-state index in [1.54, 1.807) is 13.0 Å². The Kier molecular flexibility index (Phi) is 9.88. The Morgan fingerprint density at radius 3 is 2.46 bits per heavy atom. The lowest BCUT2D eigenvalue weighted by Gasteiger charge is -2.21. The zero-order chi connectivity index (χ0) is 17.5. The van der Waals surface area contributed by atoms with Crippen molar-refractivity contribution in [2.75, 3.05) is 13.1 Å². The van der Waals surface area contributed by atoms with Crippen LogP contribution in [0.4, 0.5) is 4.39 Å². The molecule has 0 aliphatic rings. The molecule has 0 radical (unpaired) electrons. The second kappa shape index (κ2) is 10.5. The Morgan fingerprint density at radius 2 is 1.92 bits per heavy atom. The number of guanidine groups is 1. The molecule has 0 saturated heterocycles. The van der Waals surface area contributed by atoms with Gasteiger partial charge in [0.2, 0.25) is 5.91 Å². The second-order valence-corrected chi connectivity index (χ2v) is 6.43. The number of aliphatic imine (C=N–C) groups is 1. The van der Waals surface area contributed by atoms with Gasteiger partial charge in [0.05, 0.1) is 13.1 Å². The van der Waals surface area contributed by atoms with Gasteiger partial charge in [-0.05, 0) is 51.8 Å². The van der Waals surface area contributed by atoms with Crippen LogP contribution in [-0.4, -0.2) is 30.5 Å². The fourth-order valence-corrected chi connectivity index (χ4v) is 1.87. The van der Waals surface area contributed by atoms with Gasteiger partial charge in [-0.15, -0.1) is 24.0 Å². The lowest BCUT2D eigenvalue weighted by atomic mass is 10.1. The van der Waals surface area contributed by atoms with Crippen LogP contribution in [0, 0.1) is 12.7 Å². The van der Waals surface area contributed by atoms with Crippen molar-refractivity contribution in [2.45, 2.75) is 46.7 Å². The molecule has 0 fully saturated rings. The number of amides is 1. The van der Waals surface area contributed by atoms with Crippen molar-refractivity contribution in [3.8, 4) is 0 Å². The highest BCUT2D eigenvalue weighted by Gasteiger charge is 2.13. The lowest BCUT2D eigenvalue weighted by Crippen LogP contribution is -2.48. The SMILES string of the molecule is CCNC(=NCc1ccc(C)c(F)c1)NCC(=O)NC(C)(C)C.I. The Morgan fingerprint density at radius 1 is 1.25 bits per heavy atom. The maximum absolute atomic E-state index is 13.5. The number of aryl methyl sites for hydroxylation is 1. The summed E-state index contributed by atoms with van der Waals surface area (Å²) in [6.07, 6.45) is 0. The number of carbonyl (C=O) groups excluding carboxylic acids is 1. The summed E-state index contributed by atoms with van der Waals surface area (Å²) < 4.78 is 13.5. The Bertz CT molecular complexity index is 570. The summed E-state index contributed by atoms with van der Waals surface area (Å²) in [5, 5.41) is 8.90. The molecule has 1 aromatic carbocycles. The molecule has 0 aromatic heterocycles. The van der Waals surface area contributed by atoms with E-state index in [-0.39, 0.29) is 47.8 Å². The van der Waals surface area contributed by atoms with Crippen LogP contribution in [0.5, 0.6) is 0 Å². The molecule has 0 spiro atoms. The molecular formula is C17H28FIN4O. The molecule has 0 atom stereocenters. The van der Waals surface area contributed by atoms with Crippen LogP contribution in [0.3, 0.4) is 0 Å². The van der Waals surface area contributed by atoms with Gasteiger partial charge in [0.25, 0.3) is 0 Å². The average Bonchev–Trinajstić information content (AvgIpc) is 2.43. The van der Waals surface area contributed by atoms with Gasteiger partial charge in [0.15, 0.2) is 5.96 Å². The second-order valence-electron chi connectivity index (χ2n) is 6.43. The third kappa shape index (κ3) is 9.05. The zero-order valence-corrected chi connectivity index (χ0v) is 17.3. The minimum absolute atomic E-state index is 0. The van der Waals surface area contributed by atoms with Crippen LogP contribution in [-0.2, 0) is 11.3 Å². The third-order valence-corrected chi connectivity index (χ3v) is 2.93. The Balaban J connectivity index is 0.00000529. The van der Waals surface area contributed by atoms with Crippen LogP contribution in [0.15, 0.2) is 23.2 Å². The topological polar surface area (TPSA) is 65.5 Å². The molecular weight excluding hydrogens is 422 g/mol. The van der Waals surface area contributed by atoms with Crippen molar-refractivity contribution in [1.82, 2.24) is 16.0 Å². The van der Waals surface area contributed by atoms with Gasteiger partial charge in [0, 0.05) is 12.1 Å². The molecule has 136 valence electrons. The highest BCUT2D eigenvalue weighted by Crippen LogP contribution is 2.09. The number of benzene rings is 1. The minimum atomic E-state index is -0.270. The average molecular weight is 450 g/mol. The molecule has 0 aliphatic heterocycles. The first kappa shape index (κ1) is 22.6. The summed E-state index contributed by atoms with van der Waals surface area (Å²) in [6, 6.07) is 5.06. The van der Waals surface area contributed by atoms with Gasteiger partial charge >= 0.3 is 0 Å². The highest BCUT2D eigenvalue weighted by atomic mass is 127. The smallest absolute Gasteiger partial charge is 0.239 e. The zero-order valence-electron chi connectivity index (χ0n) is 15.0. The van der Waals surface area contributed by atoms with Crippen LogP contribution in [0.1, 0.15) is 38.8 Å². The van der Waals surface area contributed by atoms with E-state index in [0.29, 0.717) is 24.6 Å². The van der Waals surface area contributed by atoms with Gasteiger partial charge < -0.3 is 16.0 Å². The third-order valence-electron chi connectivity index (χ3n) is 2.93. The van der Waals surface area contributed by atoms with Gasteiger partial charge in [-0.3, -0.25) is 4.79 Å². The molecule has 1 aromatic rings. The number of hydrogen-bond donors (Lipinski definition) is 3. The molecule has 0 heterocycles. The van der Waals surface area contributed by atoms with Gasteiger partial charge in [-0.1, -0.05) is 12.1 Å². The molecule has 0 bridgehead atoms. The van der Waals surface area contributed by atoms with Gasteiger partial charge in [-0.2, -0.15) is 0 Å². The van der Waals surface area contributed by atoms with E-state index in [4.69, 9.17) is 0 Å². The summed E-state index contributed by atoms with van der Waals surface area (Å²) >= 11 is 0. The molecule has 0 aliphatic carbocycles. The van der Waals surface area contributed by atoms with E-state index < -0.39 is 0 Å². The summed E-state index contributed by atoms with van der Waals surface area (Å²) in [7, 11) is 0. The fourth-order valence-electron chi connectivity index (χ4n) is 1.87. The molecule has 1 rings (SSSR count). The van der Waals surface area contributed by atoms with Crippen molar-refractivity contribution in [3.05, 3.63) is 35.1 Å². The Hall–Kier alpha value is -1.38. The number of halogens is 2. The van der Waals surface area contributed by atoms with E-state index in [1.165, 1.54) is 6.07 Å². The molecule has 0 saturated carbocycles. The van der Waals surface area contributed by atoms with Crippen LogP contribution < -0.4 is 16.0 Å². The summed E-state index contributed by atoms with van der Waals surface area (Å²) in [5.41, 5.74) is 1.12. The molecule has 0 unspecified atom stereocenters. The van der Waals surface area contributed by atoms with E-state index >= 15 is 0 Å². The summed E-state index contributed by atoms with van der Waals surface area (Å²) in [5.74, 6) is 0.183. The fraction of sp³-hybridized carbons (Fsp3) is 0.529. The van der Waals surface area contributed by atoms with Gasteiger partial charge in [0.1, 0.15) is 5.82 Å². The van der Waals surface area contributed by atoms with Crippen LogP contribution in [0.2, 0.25) is 0 Å². The monoisotopic (exact) mass is 450 g/mol. The molecule has 1 amide bonds. The molecule has 5 nitrogen and oxygen atoms in total. The first-order chi connectivity index (χ1) is 10.7. The lowest BCUT2D eigenvalue weighted by molar-refractivity contribution is -0.121. The van der Waals surface area contributed by atoms with E-state index in [9.17, 15) is 9.18 Å².